The van der Waals surface area contributed by atoms with Crippen molar-refractivity contribution >= 4 is 17.5 Å². The summed E-state index contributed by atoms with van der Waals surface area (Å²) >= 11 is 0. The third-order valence-corrected chi connectivity index (χ3v) is 5.97. The van der Waals surface area contributed by atoms with Crippen molar-refractivity contribution in [3.63, 3.8) is 0 Å². The highest BCUT2D eigenvalue weighted by Crippen LogP contribution is 2.37. The number of benzene rings is 1. The predicted octanol–water partition coefficient (Wildman–Crippen LogP) is 6.05. The number of carboxylic acids is 1. The fourth-order valence-corrected chi connectivity index (χ4v) is 4.20. The van der Waals surface area contributed by atoms with E-state index < -0.39 is 17.8 Å². The topological polar surface area (TPSA) is 88.0 Å². The van der Waals surface area contributed by atoms with Crippen LogP contribution in [0.3, 0.4) is 0 Å². The van der Waals surface area contributed by atoms with Gasteiger partial charge in [0.25, 0.3) is 0 Å². The SMILES string of the molecule is O=C(O)CC1CCC(c2ccc(-c3cnc(Nc4ccc(C(F)(F)F)nc4)cn3)cc2)CC1. The van der Waals surface area contributed by atoms with Gasteiger partial charge in [0, 0.05) is 12.0 Å². The van der Waals surface area contributed by atoms with Gasteiger partial charge in [-0.25, -0.2) is 9.97 Å². The van der Waals surface area contributed by atoms with Crippen molar-refractivity contribution in [3.05, 3.63) is 66.2 Å². The number of rotatable bonds is 6. The molecule has 2 aromatic heterocycles. The molecule has 172 valence electrons. The smallest absolute Gasteiger partial charge is 0.433 e. The molecule has 1 aliphatic carbocycles. The van der Waals surface area contributed by atoms with Crippen LogP contribution >= 0.6 is 0 Å². The number of hydrogen-bond donors (Lipinski definition) is 2. The Kier molecular flexibility index (Phi) is 6.57. The maximum absolute atomic E-state index is 12.6. The van der Waals surface area contributed by atoms with Crippen LogP contribution in [0.25, 0.3) is 11.3 Å². The molecule has 0 bridgehead atoms. The van der Waals surface area contributed by atoms with E-state index in [1.807, 2.05) is 12.1 Å². The van der Waals surface area contributed by atoms with Crippen molar-refractivity contribution in [1.82, 2.24) is 15.0 Å². The molecule has 0 radical (unpaired) electrons. The third-order valence-electron chi connectivity index (χ3n) is 5.97. The van der Waals surface area contributed by atoms with Gasteiger partial charge in [0.05, 0.1) is 30.0 Å². The zero-order chi connectivity index (χ0) is 23.4. The molecule has 2 heterocycles. The standard InChI is InChI=1S/C24H23F3N4O2/c25-24(26,27)21-10-9-19(12-29-21)31-22-14-28-20(13-30-22)18-7-5-17(6-8-18)16-3-1-15(2-4-16)11-23(32)33/h5-10,12-16H,1-4,11H2,(H,30,31)(H,32,33). The zero-order valence-corrected chi connectivity index (χ0v) is 17.7. The third kappa shape index (κ3) is 5.85. The minimum absolute atomic E-state index is 0.255. The number of anilines is 2. The maximum atomic E-state index is 12.6. The number of nitrogens with zero attached hydrogens (tertiary/aromatic N) is 3. The zero-order valence-electron chi connectivity index (χ0n) is 17.7. The fourth-order valence-electron chi connectivity index (χ4n) is 4.20. The Morgan fingerprint density at radius 3 is 2.21 bits per heavy atom. The van der Waals surface area contributed by atoms with Crippen LogP contribution in [0.15, 0.2) is 55.0 Å². The van der Waals surface area contributed by atoms with Gasteiger partial charge >= 0.3 is 12.1 Å². The van der Waals surface area contributed by atoms with Gasteiger partial charge in [0.1, 0.15) is 11.5 Å². The fraction of sp³-hybridized carbons (Fsp3) is 0.333. The molecule has 0 saturated heterocycles. The predicted molar refractivity (Wildman–Crippen MR) is 117 cm³/mol. The van der Waals surface area contributed by atoms with Gasteiger partial charge in [-0.3, -0.25) is 9.78 Å². The van der Waals surface area contributed by atoms with Gasteiger partial charge in [0.15, 0.2) is 0 Å². The average molecular weight is 456 g/mol. The first-order chi connectivity index (χ1) is 15.8. The molecule has 3 aromatic rings. The molecule has 6 nitrogen and oxygen atoms in total. The number of carbonyl (C=O) groups is 1. The number of aliphatic carboxylic acids is 1. The van der Waals surface area contributed by atoms with Crippen LogP contribution in [0.5, 0.6) is 0 Å². The molecule has 0 amide bonds. The van der Waals surface area contributed by atoms with E-state index in [0.29, 0.717) is 23.1 Å². The Hall–Kier alpha value is -3.49. The van der Waals surface area contributed by atoms with E-state index in [4.69, 9.17) is 5.11 Å². The van der Waals surface area contributed by atoms with E-state index in [-0.39, 0.29) is 12.3 Å². The Labute approximate surface area is 188 Å². The normalized spacial score (nSPS) is 18.6. The van der Waals surface area contributed by atoms with Gasteiger partial charge in [0.2, 0.25) is 0 Å². The number of alkyl halides is 3. The summed E-state index contributed by atoms with van der Waals surface area (Å²) in [5.41, 5.74) is 2.27. The molecular weight excluding hydrogens is 433 g/mol. The number of nitrogens with one attached hydrogen (secondary N) is 1. The van der Waals surface area contributed by atoms with Crippen LogP contribution in [0.1, 0.15) is 49.3 Å². The molecule has 0 atom stereocenters. The van der Waals surface area contributed by atoms with Gasteiger partial charge in [-0.05, 0) is 55.2 Å². The van der Waals surface area contributed by atoms with Gasteiger partial charge in [-0.15, -0.1) is 0 Å². The minimum atomic E-state index is -4.48. The van der Waals surface area contributed by atoms with Crippen LogP contribution in [-0.2, 0) is 11.0 Å². The molecular formula is C24H23F3N4O2. The van der Waals surface area contributed by atoms with Crippen LogP contribution in [0, 0.1) is 5.92 Å². The number of hydrogen-bond acceptors (Lipinski definition) is 5. The minimum Gasteiger partial charge on any atom is -0.481 e. The monoisotopic (exact) mass is 456 g/mol. The second-order valence-corrected chi connectivity index (χ2v) is 8.28. The van der Waals surface area contributed by atoms with E-state index in [2.05, 4.69) is 32.4 Å². The van der Waals surface area contributed by atoms with Crippen molar-refractivity contribution in [2.24, 2.45) is 5.92 Å². The molecule has 1 aliphatic rings. The summed E-state index contributed by atoms with van der Waals surface area (Å²) in [5, 5.41) is 11.8. The van der Waals surface area contributed by atoms with Crippen LogP contribution in [-0.4, -0.2) is 26.0 Å². The average Bonchev–Trinajstić information content (AvgIpc) is 2.80. The van der Waals surface area contributed by atoms with Gasteiger partial charge < -0.3 is 10.4 Å². The summed E-state index contributed by atoms with van der Waals surface area (Å²) in [5.74, 6) is 0.397. The number of carboxylic acid groups (broad SMARTS) is 1. The number of pyridine rings is 1. The molecule has 2 N–H and O–H groups in total. The van der Waals surface area contributed by atoms with Crippen molar-refractivity contribution in [2.75, 3.05) is 5.32 Å². The molecule has 0 spiro atoms. The summed E-state index contributed by atoms with van der Waals surface area (Å²) < 4.78 is 37.8. The summed E-state index contributed by atoms with van der Waals surface area (Å²) in [6.45, 7) is 0. The quantitative estimate of drug-likeness (QED) is 0.470. The summed E-state index contributed by atoms with van der Waals surface area (Å²) in [6.07, 6.45) is 3.87. The highest BCUT2D eigenvalue weighted by molar-refractivity contribution is 5.67. The van der Waals surface area contributed by atoms with E-state index in [1.165, 1.54) is 17.8 Å². The highest BCUT2D eigenvalue weighted by Gasteiger charge is 2.32. The first-order valence-electron chi connectivity index (χ1n) is 10.7. The highest BCUT2D eigenvalue weighted by atomic mass is 19.4. The molecule has 33 heavy (non-hydrogen) atoms. The van der Waals surface area contributed by atoms with Crippen molar-refractivity contribution in [2.45, 2.75) is 44.2 Å². The van der Waals surface area contributed by atoms with Crippen molar-refractivity contribution in [1.29, 1.82) is 0 Å². The number of aromatic nitrogens is 3. The Balaban J connectivity index is 1.36. The maximum Gasteiger partial charge on any atom is 0.433 e. The molecule has 1 aromatic carbocycles. The second-order valence-electron chi connectivity index (χ2n) is 8.28. The van der Waals surface area contributed by atoms with Crippen LogP contribution in [0.4, 0.5) is 24.7 Å². The Morgan fingerprint density at radius 2 is 1.67 bits per heavy atom. The Morgan fingerprint density at radius 1 is 0.939 bits per heavy atom. The number of halogens is 3. The second kappa shape index (κ2) is 9.56. The Bertz CT molecular complexity index is 1080. The lowest BCUT2D eigenvalue weighted by molar-refractivity contribution is -0.141. The van der Waals surface area contributed by atoms with E-state index in [1.54, 1.807) is 6.20 Å². The molecule has 9 heteroatoms. The van der Waals surface area contributed by atoms with Crippen molar-refractivity contribution < 1.29 is 23.1 Å². The lowest BCUT2D eigenvalue weighted by Gasteiger charge is -2.28. The lowest BCUT2D eigenvalue weighted by Crippen LogP contribution is -2.16. The molecule has 0 unspecified atom stereocenters. The van der Waals surface area contributed by atoms with Crippen molar-refractivity contribution in [3.8, 4) is 11.3 Å². The first kappa shape index (κ1) is 22.7. The van der Waals surface area contributed by atoms with E-state index >= 15 is 0 Å². The lowest BCUT2D eigenvalue weighted by atomic mass is 9.77. The van der Waals surface area contributed by atoms with Gasteiger partial charge in [-0.1, -0.05) is 24.3 Å². The molecule has 4 rings (SSSR count). The summed E-state index contributed by atoms with van der Waals surface area (Å²) in [4.78, 5) is 23.0. The largest absolute Gasteiger partial charge is 0.481 e. The molecule has 0 aliphatic heterocycles. The van der Waals surface area contributed by atoms with E-state index in [0.717, 1.165) is 43.5 Å². The van der Waals surface area contributed by atoms with Gasteiger partial charge in [-0.2, -0.15) is 13.2 Å². The summed E-state index contributed by atoms with van der Waals surface area (Å²) in [6, 6.07) is 10.4. The summed E-state index contributed by atoms with van der Waals surface area (Å²) in [7, 11) is 0. The van der Waals surface area contributed by atoms with Crippen LogP contribution in [0.2, 0.25) is 0 Å². The van der Waals surface area contributed by atoms with Crippen LogP contribution < -0.4 is 5.32 Å². The first-order valence-corrected chi connectivity index (χ1v) is 10.7. The van der Waals surface area contributed by atoms with E-state index in [9.17, 15) is 18.0 Å². The molecule has 1 fully saturated rings. The molecule has 1 saturated carbocycles.